The van der Waals surface area contributed by atoms with E-state index in [9.17, 15) is 4.79 Å². The number of hydrogen-bond donors (Lipinski definition) is 2. The molecule has 0 heterocycles. The fourth-order valence-electron chi connectivity index (χ4n) is 1.58. The Morgan fingerprint density at radius 3 is 2.53 bits per heavy atom. The van der Waals surface area contributed by atoms with E-state index in [-0.39, 0.29) is 12.5 Å². The Morgan fingerprint density at radius 1 is 1.41 bits per heavy atom. The number of carboxylic acid groups (broad SMARTS) is 1. The Bertz CT molecular complexity index is 348. The van der Waals surface area contributed by atoms with Crippen LogP contribution in [0.15, 0.2) is 24.3 Å². The summed E-state index contributed by atoms with van der Waals surface area (Å²) in [4.78, 5) is 10.7. The molecule has 0 fully saturated rings. The molecule has 17 heavy (non-hydrogen) atoms. The lowest BCUT2D eigenvalue weighted by Crippen LogP contribution is -2.19. The monoisotopic (exact) mass is 237 g/mol. The number of nitrogens with one attached hydrogen (secondary N) is 1. The van der Waals surface area contributed by atoms with Gasteiger partial charge in [-0.1, -0.05) is 19.1 Å². The van der Waals surface area contributed by atoms with Crippen LogP contribution in [0.2, 0.25) is 0 Å². The minimum atomic E-state index is -0.810. The number of carboxylic acids is 1. The Kier molecular flexibility index (Phi) is 5.49. The van der Waals surface area contributed by atoms with Gasteiger partial charge in [0.1, 0.15) is 5.75 Å². The van der Waals surface area contributed by atoms with Gasteiger partial charge in [0.15, 0.2) is 0 Å². The number of carbonyl (C=O) groups is 1. The van der Waals surface area contributed by atoms with Crippen LogP contribution in [0.3, 0.4) is 0 Å². The first-order chi connectivity index (χ1) is 8.17. The molecule has 0 aliphatic rings. The summed E-state index contributed by atoms with van der Waals surface area (Å²) >= 11 is 0. The summed E-state index contributed by atoms with van der Waals surface area (Å²) in [6.45, 7) is 2.75. The van der Waals surface area contributed by atoms with Crippen LogP contribution in [-0.4, -0.2) is 24.7 Å². The first-order valence-electron chi connectivity index (χ1n) is 5.79. The van der Waals surface area contributed by atoms with E-state index in [1.807, 2.05) is 24.3 Å². The summed E-state index contributed by atoms with van der Waals surface area (Å²) in [5.74, 6) is 0.0106. The third-order valence-corrected chi connectivity index (χ3v) is 2.48. The van der Waals surface area contributed by atoms with E-state index in [4.69, 9.17) is 9.84 Å². The van der Waals surface area contributed by atoms with Crippen LogP contribution in [-0.2, 0) is 4.79 Å². The SMILES string of the molecule is CCCOc1ccc(C(CC(=O)O)NC)cc1. The molecular formula is C13H19NO3. The average molecular weight is 237 g/mol. The van der Waals surface area contributed by atoms with Gasteiger partial charge in [-0.05, 0) is 31.2 Å². The quantitative estimate of drug-likeness (QED) is 0.763. The zero-order chi connectivity index (χ0) is 12.7. The van der Waals surface area contributed by atoms with E-state index >= 15 is 0 Å². The summed E-state index contributed by atoms with van der Waals surface area (Å²) in [5, 5.41) is 11.8. The Labute approximate surface area is 102 Å². The molecule has 1 aromatic rings. The van der Waals surface area contributed by atoms with E-state index in [0.717, 1.165) is 17.7 Å². The number of benzene rings is 1. The van der Waals surface area contributed by atoms with Crippen molar-refractivity contribution < 1.29 is 14.6 Å². The van der Waals surface area contributed by atoms with E-state index in [0.29, 0.717) is 6.61 Å². The molecule has 0 bridgehead atoms. The van der Waals surface area contributed by atoms with Crippen molar-refractivity contribution >= 4 is 5.97 Å². The van der Waals surface area contributed by atoms with Crippen molar-refractivity contribution in [2.45, 2.75) is 25.8 Å². The molecule has 4 heteroatoms. The summed E-state index contributed by atoms with van der Waals surface area (Å²) < 4.78 is 5.47. The Hall–Kier alpha value is -1.55. The van der Waals surface area contributed by atoms with Gasteiger partial charge < -0.3 is 15.2 Å². The smallest absolute Gasteiger partial charge is 0.305 e. The number of aliphatic carboxylic acids is 1. The van der Waals surface area contributed by atoms with Crippen molar-refractivity contribution in [3.63, 3.8) is 0 Å². The van der Waals surface area contributed by atoms with Crippen LogP contribution in [0.5, 0.6) is 5.75 Å². The molecule has 0 radical (unpaired) electrons. The van der Waals surface area contributed by atoms with Crippen LogP contribution in [0, 0.1) is 0 Å². The third-order valence-electron chi connectivity index (χ3n) is 2.48. The minimum absolute atomic E-state index is 0.0751. The zero-order valence-electron chi connectivity index (χ0n) is 10.3. The lowest BCUT2D eigenvalue weighted by molar-refractivity contribution is -0.137. The summed E-state index contributed by atoms with van der Waals surface area (Å²) in [6.07, 6.45) is 1.05. The predicted molar refractivity (Wildman–Crippen MR) is 66.3 cm³/mol. The second-order valence-electron chi connectivity index (χ2n) is 3.86. The number of hydrogen-bond acceptors (Lipinski definition) is 3. The number of rotatable bonds is 7. The van der Waals surface area contributed by atoms with Crippen molar-refractivity contribution in [1.82, 2.24) is 5.32 Å². The van der Waals surface area contributed by atoms with Gasteiger partial charge in [-0.2, -0.15) is 0 Å². The molecular weight excluding hydrogens is 218 g/mol. The van der Waals surface area contributed by atoms with Gasteiger partial charge in [0.05, 0.1) is 13.0 Å². The van der Waals surface area contributed by atoms with Crippen LogP contribution in [0.25, 0.3) is 0 Å². The van der Waals surface area contributed by atoms with E-state index in [1.165, 1.54) is 0 Å². The second-order valence-corrected chi connectivity index (χ2v) is 3.86. The lowest BCUT2D eigenvalue weighted by atomic mass is 10.0. The van der Waals surface area contributed by atoms with Gasteiger partial charge >= 0.3 is 5.97 Å². The summed E-state index contributed by atoms with van der Waals surface area (Å²) in [5.41, 5.74) is 0.957. The molecule has 4 nitrogen and oxygen atoms in total. The van der Waals surface area contributed by atoms with Crippen LogP contribution in [0.4, 0.5) is 0 Å². The lowest BCUT2D eigenvalue weighted by Gasteiger charge is -2.14. The zero-order valence-corrected chi connectivity index (χ0v) is 10.3. The Balaban J connectivity index is 2.67. The molecule has 0 aliphatic carbocycles. The third kappa shape index (κ3) is 4.44. The van der Waals surface area contributed by atoms with E-state index in [1.54, 1.807) is 7.05 Å². The maximum absolute atomic E-state index is 10.7. The number of ether oxygens (including phenoxy) is 1. The normalized spacial score (nSPS) is 12.1. The highest BCUT2D eigenvalue weighted by molar-refractivity contribution is 5.67. The highest BCUT2D eigenvalue weighted by Crippen LogP contribution is 2.20. The van der Waals surface area contributed by atoms with Gasteiger partial charge in [0.2, 0.25) is 0 Å². The fourth-order valence-corrected chi connectivity index (χ4v) is 1.58. The largest absolute Gasteiger partial charge is 0.494 e. The maximum atomic E-state index is 10.7. The molecule has 0 spiro atoms. The molecule has 0 amide bonds. The van der Waals surface area contributed by atoms with Gasteiger partial charge in [-0.3, -0.25) is 4.79 Å². The molecule has 1 rings (SSSR count). The van der Waals surface area contributed by atoms with Crippen LogP contribution >= 0.6 is 0 Å². The van der Waals surface area contributed by atoms with Crippen LogP contribution < -0.4 is 10.1 Å². The molecule has 0 saturated carbocycles. The second kappa shape index (κ2) is 6.91. The van der Waals surface area contributed by atoms with Gasteiger partial charge in [-0.15, -0.1) is 0 Å². The predicted octanol–water partition coefficient (Wildman–Crippen LogP) is 2.21. The first kappa shape index (κ1) is 13.5. The maximum Gasteiger partial charge on any atom is 0.305 e. The highest BCUT2D eigenvalue weighted by atomic mass is 16.5. The molecule has 0 aliphatic heterocycles. The molecule has 2 N–H and O–H groups in total. The van der Waals surface area contributed by atoms with Crippen molar-refractivity contribution in [3.8, 4) is 5.75 Å². The topological polar surface area (TPSA) is 58.6 Å². The molecule has 1 aromatic carbocycles. The molecule has 94 valence electrons. The van der Waals surface area contributed by atoms with Crippen molar-refractivity contribution in [2.24, 2.45) is 0 Å². The highest BCUT2D eigenvalue weighted by Gasteiger charge is 2.13. The standard InChI is InChI=1S/C13H19NO3/c1-3-8-17-11-6-4-10(5-7-11)12(14-2)9-13(15)16/h4-7,12,14H,3,8-9H2,1-2H3,(H,15,16). The van der Waals surface area contributed by atoms with Crippen LogP contribution in [0.1, 0.15) is 31.4 Å². The van der Waals surface area contributed by atoms with Gasteiger partial charge in [0.25, 0.3) is 0 Å². The van der Waals surface area contributed by atoms with E-state index in [2.05, 4.69) is 12.2 Å². The fraction of sp³-hybridized carbons (Fsp3) is 0.462. The molecule has 1 atom stereocenters. The summed E-state index contributed by atoms with van der Waals surface area (Å²) in [6, 6.07) is 7.38. The van der Waals surface area contributed by atoms with Gasteiger partial charge in [-0.25, -0.2) is 0 Å². The van der Waals surface area contributed by atoms with Crippen molar-refractivity contribution in [2.75, 3.05) is 13.7 Å². The molecule has 0 aromatic heterocycles. The minimum Gasteiger partial charge on any atom is -0.494 e. The first-order valence-corrected chi connectivity index (χ1v) is 5.79. The molecule has 1 unspecified atom stereocenters. The van der Waals surface area contributed by atoms with E-state index < -0.39 is 5.97 Å². The molecule has 0 saturated heterocycles. The van der Waals surface area contributed by atoms with Crippen molar-refractivity contribution in [1.29, 1.82) is 0 Å². The Morgan fingerprint density at radius 2 is 2.06 bits per heavy atom. The summed E-state index contributed by atoms with van der Waals surface area (Å²) in [7, 11) is 1.76. The van der Waals surface area contributed by atoms with Crippen molar-refractivity contribution in [3.05, 3.63) is 29.8 Å². The average Bonchev–Trinajstić information content (AvgIpc) is 2.34. The van der Waals surface area contributed by atoms with Gasteiger partial charge in [0, 0.05) is 6.04 Å².